The fraction of sp³-hybridized carbons (Fsp3) is 0.933. The molecule has 25 heavy (non-hydrogen) atoms. The molecule has 1 aliphatic heterocycles. The van der Waals surface area contributed by atoms with Crippen molar-refractivity contribution in [3.8, 4) is 0 Å². The standard InChI is InChI=1S/C15H32N4O4S.HI/c1-16-15(17-7-4-10-23-12-11-22-2)18-13-14-5-8-19(9-6-14)24(3,20)21;/h14H,4-13H2,1-3H3,(H2,16,17,18);1H. The Morgan fingerprint density at radius 1 is 1.20 bits per heavy atom. The van der Waals surface area contributed by atoms with Crippen molar-refractivity contribution in [3.05, 3.63) is 0 Å². The predicted octanol–water partition coefficient (Wildman–Crippen LogP) is 0.494. The van der Waals surface area contributed by atoms with Crippen molar-refractivity contribution in [2.24, 2.45) is 10.9 Å². The van der Waals surface area contributed by atoms with Crippen LogP contribution >= 0.6 is 24.0 Å². The maximum atomic E-state index is 11.5. The second-order valence-corrected chi connectivity index (χ2v) is 7.93. The van der Waals surface area contributed by atoms with E-state index in [-0.39, 0.29) is 24.0 Å². The van der Waals surface area contributed by atoms with E-state index in [1.54, 1.807) is 18.5 Å². The molecule has 0 atom stereocenters. The van der Waals surface area contributed by atoms with Crippen LogP contribution in [0.5, 0.6) is 0 Å². The Morgan fingerprint density at radius 2 is 1.88 bits per heavy atom. The van der Waals surface area contributed by atoms with Crippen molar-refractivity contribution in [2.75, 3.05) is 66.4 Å². The van der Waals surface area contributed by atoms with Gasteiger partial charge in [0.1, 0.15) is 0 Å². The summed E-state index contributed by atoms with van der Waals surface area (Å²) >= 11 is 0. The largest absolute Gasteiger partial charge is 0.382 e. The summed E-state index contributed by atoms with van der Waals surface area (Å²) < 4.78 is 34.9. The van der Waals surface area contributed by atoms with E-state index in [0.29, 0.717) is 38.8 Å². The highest BCUT2D eigenvalue weighted by Gasteiger charge is 2.24. The van der Waals surface area contributed by atoms with E-state index in [1.165, 1.54) is 6.26 Å². The maximum absolute atomic E-state index is 11.5. The predicted molar refractivity (Wildman–Crippen MR) is 111 cm³/mol. The number of guanidine groups is 1. The molecule has 0 radical (unpaired) electrons. The number of piperidine rings is 1. The second kappa shape index (κ2) is 14.0. The van der Waals surface area contributed by atoms with E-state index >= 15 is 0 Å². The molecule has 0 bridgehead atoms. The van der Waals surface area contributed by atoms with E-state index in [4.69, 9.17) is 9.47 Å². The van der Waals surface area contributed by atoms with Crippen LogP contribution in [0.25, 0.3) is 0 Å². The van der Waals surface area contributed by atoms with Crippen LogP contribution in [0.1, 0.15) is 19.3 Å². The van der Waals surface area contributed by atoms with Crippen LogP contribution in [0, 0.1) is 5.92 Å². The number of rotatable bonds is 10. The average Bonchev–Trinajstić information content (AvgIpc) is 2.56. The average molecular weight is 492 g/mol. The van der Waals surface area contributed by atoms with E-state index < -0.39 is 10.0 Å². The molecule has 8 nitrogen and oxygen atoms in total. The van der Waals surface area contributed by atoms with Gasteiger partial charge in [0.15, 0.2) is 5.96 Å². The van der Waals surface area contributed by atoms with Crippen molar-refractivity contribution in [3.63, 3.8) is 0 Å². The number of nitrogens with zero attached hydrogens (tertiary/aromatic N) is 2. The minimum absolute atomic E-state index is 0. The summed E-state index contributed by atoms with van der Waals surface area (Å²) in [4.78, 5) is 4.20. The van der Waals surface area contributed by atoms with Gasteiger partial charge in [-0.25, -0.2) is 12.7 Å². The lowest BCUT2D eigenvalue weighted by Crippen LogP contribution is -2.44. The molecule has 1 fully saturated rings. The number of sulfonamides is 1. The first-order valence-corrected chi connectivity index (χ1v) is 10.3. The molecule has 0 aromatic carbocycles. The first kappa shape index (κ1) is 24.8. The van der Waals surface area contributed by atoms with Gasteiger partial charge in [-0.15, -0.1) is 24.0 Å². The Hall–Kier alpha value is -0.170. The molecule has 0 aromatic heterocycles. The summed E-state index contributed by atoms with van der Waals surface area (Å²) in [6.07, 6.45) is 3.93. The first-order valence-electron chi connectivity index (χ1n) is 8.43. The van der Waals surface area contributed by atoms with Crippen molar-refractivity contribution >= 4 is 40.0 Å². The second-order valence-electron chi connectivity index (χ2n) is 5.94. The Labute approximate surface area is 169 Å². The van der Waals surface area contributed by atoms with Gasteiger partial charge in [0, 0.05) is 46.9 Å². The number of ether oxygens (including phenoxy) is 2. The monoisotopic (exact) mass is 492 g/mol. The van der Waals surface area contributed by atoms with Gasteiger partial charge in [-0.2, -0.15) is 0 Å². The van der Waals surface area contributed by atoms with Gasteiger partial charge in [0.05, 0.1) is 19.5 Å². The lowest BCUT2D eigenvalue weighted by Gasteiger charge is -2.30. The SMILES string of the molecule is CN=C(NCCCOCCOC)NCC1CCN(S(C)(=O)=O)CC1.I. The maximum Gasteiger partial charge on any atom is 0.211 e. The number of hydrogen-bond donors (Lipinski definition) is 2. The van der Waals surface area contributed by atoms with Crippen LogP contribution < -0.4 is 10.6 Å². The van der Waals surface area contributed by atoms with Crippen LogP contribution in [0.15, 0.2) is 4.99 Å². The van der Waals surface area contributed by atoms with Crippen LogP contribution in [-0.4, -0.2) is 85.1 Å². The van der Waals surface area contributed by atoms with Gasteiger partial charge in [0.25, 0.3) is 0 Å². The van der Waals surface area contributed by atoms with E-state index in [1.807, 2.05) is 0 Å². The highest BCUT2D eigenvalue weighted by atomic mass is 127. The van der Waals surface area contributed by atoms with Crippen molar-refractivity contribution < 1.29 is 17.9 Å². The van der Waals surface area contributed by atoms with Gasteiger partial charge in [-0.3, -0.25) is 4.99 Å². The molecule has 2 N–H and O–H groups in total. The summed E-state index contributed by atoms with van der Waals surface area (Å²) in [7, 11) is 0.353. The van der Waals surface area contributed by atoms with E-state index in [9.17, 15) is 8.42 Å². The Kier molecular flexibility index (Phi) is 13.9. The lowest BCUT2D eigenvalue weighted by atomic mass is 9.98. The third kappa shape index (κ3) is 11.2. The fourth-order valence-corrected chi connectivity index (χ4v) is 3.41. The summed E-state index contributed by atoms with van der Waals surface area (Å²) in [6.45, 7) is 4.74. The fourth-order valence-electron chi connectivity index (χ4n) is 2.53. The first-order chi connectivity index (χ1) is 11.5. The van der Waals surface area contributed by atoms with Crippen molar-refractivity contribution in [2.45, 2.75) is 19.3 Å². The number of aliphatic imine (C=N–C) groups is 1. The zero-order valence-corrected chi connectivity index (χ0v) is 18.6. The highest BCUT2D eigenvalue weighted by molar-refractivity contribution is 14.0. The van der Waals surface area contributed by atoms with Crippen LogP contribution in [0.2, 0.25) is 0 Å². The van der Waals surface area contributed by atoms with Crippen LogP contribution in [0.4, 0.5) is 0 Å². The van der Waals surface area contributed by atoms with Crippen molar-refractivity contribution in [1.29, 1.82) is 0 Å². The molecule has 1 saturated heterocycles. The van der Waals surface area contributed by atoms with Gasteiger partial charge in [0.2, 0.25) is 10.0 Å². The number of methoxy groups -OCH3 is 1. The number of hydrogen-bond acceptors (Lipinski definition) is 5. The molecule has 0 aliphatic carbocycles. The molecule has 0 spiro atoms. The minimum Gasteiger partial charge on any atom is -0.382 e. The lowest BCUT2D eigenvalue weighted by molar-refractivity contribution is 0.0698. The zero-order chi connectivity index (χ0) is 17.8. The molecule has 0 aromatic rings. The highest BCUT2D eigenvalue weighted by Crippen LogP contribution is 2.18. The molecule has 1 aliphatic rings. The van der Waals surface area contributed by atoms with E-state index in [0.717, 1.165) is 38.3 Å². The Balaban J connectivity index is 0.00000576. The normalized spacial score (nSPS) is 17.2. The molecule has 150 valence electrons. The molecular formula is C15H33IN4O4S. The smallest absolute Gasteiger partial charge is 0.211 e. The Bertz CT molecular complexity index is 468. The molecule has 0 saturated carbocycles. The van der Waals surface area contributed by atoms with Gasteiger partial charge < -0.3 is 20.1 Å². The summed E-state index contributed by atoms with van der Waals surface area (Å²) in [5.74, 6) is 1.25. The summed E-state index contributed by atoms with van der Waals surface area (Å²) in [5.41, 5.74) is 0. The van der Waals surface area contributed by atoms with Gasteiger partial charge >= 0.3 is 0 Å². The van der Waals surface area contributed by atoms with Gasteiger partial charge in [-0.1, -0.05) is 0 Å². The summed E-state index contributed by atoms with van der Waals surface area (Å²) in [5, 5.41) is 6.57. The third-order valence-corrected chi connectivity index (χ3v) is 5.32. The molecule has 0 amide bonds. The number of halogens is 1. The van der Waals surface area contributed by atoms with E-state index in [2.05, 4.69) is 15.6 Å². The molecule has 1 rings (SSSR count). The quantitative estimate of drug-likeness (QED) is 0.200. The minimum atomic E-state index is -3.05. The van der Waals surface area contributed by atoms with Crippen LogP contribution in [0.3, 0.4) is 0 Å². The third-order valence-electron chi connectivity index (χ3n) is 4.01. The summed E-state index contributed by atoms with van der Waals surface area (Å²) in [6, 6.07) is 0. The van der Waals surface area contributed by atoms with Gasteiger partial charge in [-0.05, 0) is 25.2 Å². The molecule has 0 unspecified atom stereocenters. The topological polar surface area (TPSA) is 92.3 Å². The number of nitrogens with one attached hydrogen (secondary N) is 2. The molecular weight excluding hydrogens is 459 g/mol. The Morgan fingerprint density at radius 3 is 2.44 bits per heavy atom. The van der Waals surface area contributed by atoms with Crippen molar-refractivity contribution in [1.82, 2.24) is 14.9 Å². The zero-order valence-electron chi connectivity index (χ0n) is 15.5. The molecule has 10 heteroatoms. The molecule has 1 heterocycles. The van der Waals surface area contributed by atoms with Crippen LogP contribution in [-0.2, 0) is 19.5 Å².